The van der Waals surface area contributed by atoms with Crippen molar-refractivity contribution in [1.29, 1.82) is 0 Å². The second kappa shape index (κ2) is 5.29. The molecule has 0 bridgehead atoms. The highest BCUT2D eigenvalue weighted by Crippen LogP contribution is 2.21. The maximum Gasteiger partial charge on any atom is 0.230 e. The van der Waals surface area contributed by atoms with Crippen LogP contribution in [0.3, 0.4) is 0 Å². The van der Waals surface area contributed by atoms with Crippen LogP contribution in [0, 0.1) is 20.8 Å². The summed E-state index contributed by atoms with van der Waals surface area (Å²) in [6.07, 6.45) is 0.325. The Kier molecular flexibility index (Phi) is 3.47. The van der Waals surface area contributed by atoms with Gasteiger partial charge in [0.05, 0.1) is 23.1 Å². The standard InChI is InChI=1S/C15H16N4OS/c1-8-9(2)21-15(16-8)19-14(20)7-11-4-5-12-13(6-11)18-10(3)17-12/h4-6H,7H2,1-3H3,(H,17,18)(H,16,19,20). The van der Waals surface area contributed by atoms with Crippen LogP contribution in [0.15, 0.2) is 18.2 Å². The van der Waals surface area contributed by atoms with Gasteiger partial charge < -0.3 is 10.3 Å². The summed E-state index contributed by atoms with van der Waals surface area (Å²) in [6.45, 7) is 5.85. The Morgan fingerprint density at radius 3 is 2.81 bits per heavy atom. The van der Waals surface area contributed by atoms with Crippen molar-refractivity contribution >= 4 is 33.4 Å². The molecule has 0 fully saturated rings. The minimum atomic E-state index is -0.0562. The summed E-state index contributed by atoms with van der Waals surface area (Å²) < 4.78 is 0. The number of fused-ring (bicyclic) bond motifs is 1. The van der Waals surface area contributed by atoms with E-state index in [9.17, 15) is 4.79 Å². The fraction of sp³-hybridized carbons (Fsp3) is 0.267. The number of benzene rings is 1. The van der Waals surface area contributed by atoms with Crippen LogP contribution in [0.1, 0.15) is 22.0 Å². The molecule has 0 spiro atoms. The molecule has 0 unspecified atom stereocenters. The Labute approximate surface area is 126 Å². The fourth-order valence-corrected chi connectivity index (χ4v) is 3.00. The van der Waals surface area contributed by atoms with Gasteiger partial charge in [-0.05, 0) is 38.5 Å². The number of rotatable bonds is 3. The zero-order chi connectivity index (χ0) is 15.0. The van der Waals surface area contributed by atoms with Gasteiger partial charge in [-0.15, -0.1) is 11.3 Å². The molecule has 0 aliphatic carbocycles. The average molecular weight is 300 g/mol. The summed E-state index contributed by atoms with van der Waals surface area (Å²) in [5.41, 5.74) is 3.79. The smallest absolute Gasteiger partial charge is 0.230 e. The van der Waals surface area contributed by atoms with E-state index in [4.69, 9.17) is 0 Å². The first-order valence-electron chi connectivity index (χ1n) is 6.70. The Balaban J connectivity index is 1.73. The van der Waals surface area contributed by atoms with Gasteiger partial charge in [0.15, 0.2) is 5.13 Å². The number of aromatic nitrogens is 3. The highest BCUT2D eigenvalue weighted by molar-refractivity contribution is 7.15. The van der Waals surface area contributed by atoms with Crippen molar-refractivity contribution in [3.8, 4) is 0 Å². The summed E-state index contributed by atoms with van der Waals surface area (Å²) in [5, 5.41) is 3.51. The molecule has 5 nitrogen and oxygen atoms in total. The molecule has 21 heavy (non-hydrogen) atoms. The van der Waals surface area contributed by atoms with Gasteiger partial charge in [0.2, 0.25) is 5.91 Å². The molecule has 0 aliphatic rings. The Bertz CT molecular complexity index is 799. The van der Waals surface area contributed by atoms with Crippen LogP contribution in [0.4, 0.5) is 5.13 Å². The summed E-state index contributed by atoms with van der Waals surface area (Å²) in [6, 6.07) is 5.83. The molecule has 0 atom stereocenters. The molecule has 0 radical (unpaired) electrons. The van der Waals surface area contributed by atoms with E-state index in [0.717, 1.165) is 33.0 Å². The molecule has 3 aromatic rings. The highest BCUT2D eigenvalue weighted by Gasteiger charge is 2.09. The number of nitrogens with one attached hydrogen (secondary N) is 2. The van der Waals surface area contributed by atoms with Crippen LogP contribution in [-0.4, -0.2) is 20.9 Å². The lowest BCUT2D eigenvalue weighted by Gasteiger charge is -2.02. The number of nitrogens with zero attached hydrogens (tertiary/aromatic N) is 2. The molecule has 6 heteroatoms. The molecular formula is C15H16N4OS. The van der Waals surface area contributed by atoms with Crippen molar-refractivity contribution in [2.75, 3.05) is 5.32 Å². The molecule has 0 aliphatic heterocycles. The molecule has 108 valence electrons. The second-order valence-corrected chi connectivity index (χ2v) is 6.26. The zero-order valence-corrected chi connectivity index (χ0v) is 13.0. The molecule has 2 heterocycles. The normalized spacial score (nSPS) is 11.0. The molecule has 2 N–H and O–H groups in total. The first-order chi connectivity index (χ1) is 10.0. The number of anilines is 1. The fourth-order valence-electron chi connectivity index (χ4n) is 2.17. The van der Waals surface area contributed by atoms with Crippen LogP contribution < -0.4 is 5.32 Å². The van der Waals surface area contributed by atoms with Gasteiger partial charge in [-0.2, -0.15) is 0 Å². The van der Waals surface area contributed by atoms with Crippen LogP contribution in [0.5, 0.6) is 0 Å². The molecule has 0 saturated carbocycles. The minimum absolute atomic E-state index is 0.0562. The van der Waals surface area contributed by atoms with Gasteiger partial charge in [0, 0.05) is 4.88 Å². The third kappa shape index (κ3) is 2.95. The first kappa shape index (κ1) is 13.8. The maximum absolute atomic E-state index is 12.1. The lowest BCUT2D eigenvalue weighted by Crippen LogP contribution is -2.14. The first-order valence-corrected chi connectivity index (χ1v) is 7.52. The summed E-state index contributed by atoms with van der Waals surface area (Å²) in [7, 11) is 0. The number of amides is 1. The average Bonchev–Trinajstić information content (AvgIpc) is 2.91. The quantitative estimate of drug-likeness (QED) is 0.780. The van der Waals surface area contributed by atoms with E-state index in [-0.39, 0.29) is 5.91 Å². The van der Waals surface area contributed by atoms with Gasteiger partial charge in [0.1, 0.15) is 5.82 Å². The largest absolute Gasteiger partial charge is 0.342 e. The van der Waals surface area contributed by atoms with Crippen molar-refractivity contribution in [3.05, 3.63) is 40.2 Å². The van der Waals surface area contributed by atoms with Crippen LogP contribution >= 0.6 is 11.3 Å². The summed E-state index contributed by atoms with van der Waals surface area (Å²) in [5.74, 6) is 0.819. The lowest BCUT2D eigenvalue weighted by molar-refractivity contribution is -0.115. The lowest BCUT2D eigenvalue weighted by atomic mass is 10.1. The van der Waals surface area contributed by atoms with Gasteiger partial charge in [-0.1, -0.05) is 6.07 Å². The van der Waals surface area contributed by atoms with Crippen molar-refractivity contribution in [2.24, 2.45) is 0 Å². The predicted molar refractivity (Wildman–Crippen MR) is 84.8 cm³/mol. The van der Waals surface area contributed by atoms with Gasteiger partial charge >= 0.3 is 0 Å². The predicted octanol–water partition coefficient (Wildman–Crippen LogP) is 3.13. The molecule has 3 rings (SSSR count). The van der Waals surface area contributed by atoms with Crippen LogP contribution in [-0.2, 0) is 11.2 Å². The number of aryl methyl sites for hydroxylation is 3. The minimum Gasteiger partial charge on any atom is -0.342 e. The third-order valence-electron chi connectivity index (χ3n) is 3.30. The Hall–Kier alpha value is -2.21. The Morgan fingerprint density at radius 2 is 2.10 bits per heavy atom. The Morgan fingerprint density at radius 1 is 1.29 bits per heavy atom. The van der Waals surface area contributed by atoms with Crippen molar-refractivity contribution < 1.29 is 4.79 Å². The van der Waals surface area contributed by atoms with E-state index in [1.807, 2.05) is 39.0 Å². The monoisotopic (exact) mass is 300 g/mol. The zero-order valence-electron chi connectivity index (χ0n) is 12.2. The van der Waals surface area contributed by atoms with Gasteiger partial charge in [0.25, 0.3) is 0 Å². The topological polar surface area (TPSA) is 70.7 Å². The number of H-pyrrole nitrogens is 1. The molecule has 2 aromatic heterocycles. The third-order valence-corrected chi connectivity index (χ3v) is 4.29. The van der Waals surface area contributed by atoms with E-state index < -0.39 is 0 Å². The van der Waals surface area contributed by atoms with E-state index in [1.54, 1.807) is 0 Å². The van der Waals surface area contributed by atoms with Crippen molar-refractivity contribution in [2.45, 2.75) is 27.2 Å². The van der Waals surface area contributed by atoms with E-state index >= 15 is 0 Å². The number of hydrogen-bond acceptors (Lipinski definition) is 4. The van der Waals surface area contributed by atoms with E-state index in [2.05, 4.69) is 20.3 Å². The highest BCUT2D eigenvalue weighted by atomic mass is 32.1. The maximum atomic E-state index is 12.1. The summed E-state index contributed by atoms with van der Waals surface area (Å²) >= 11 is 1.50. The number of aromatic amines is 1. The van der Waals surface area contributed by atoms with Crippen LogP contribution in [0.25, 0.3) is 11.0 Å². The van der Waals surface area contributed by atoms with Crippen LogP contribution in [0.2, 0.25) is 0 Å². The number of carbonyl (C=O) groups is 1. The van der Waals surface area contributed by atoms with Gasteiger partial charge in [-0.3, -0.25) is 4.79 Å². The summed E-state index contributed by atoms with van der Waals surface area (Å²) in [4.78, 5) is 25.0. The number of imidazole rings is 1. The molecular weight excluding hydrogens is 284 g/mol. The molecule has 0 saturated heterocycles. The van der Waals surface area contributed by atoms with Crippen molar-refractivity contribution in [3.63, 3.8) is 0 Å². The number of thiazole rings is 1. The SMILES string of the molecule is Cc1nc2ccc(CC(=O)Nc3nc(C)c(C)s3)cc2[nH]1. The number of hydrogen-bond donors (Lipinski definition) is 2. The molecule has 1 amide bonds. The van der Waals surface area contributed by atoms with E-state index in [0.29, 0.717) is 11.6 Å². The van der Waals surface area contributed by atoms with Gasteiger partial charge in [-0.25, -0.2) is 9.97 Å². The second-order valence-electron chi connectivity index (χ2n) is 5.06. The van der Waals surface area contributed by atoms with E-state index in [1.165, 1.54) is 11.3 Å². The van der Waals surface area contributed by atoms with Crippen molar-refractivity contribution in [1.82, 2.24) is 15.0 Å². The molecule has 1 aromatic carbocycles. The number of carbonyl (C=O) groups excluding carboxylic acids is 1.